The normalized spacial score (nSPS) is 15.1. The van der Waals surface area contributed by atoms with Crippen LogP contribution in [0.25, 0.3) is 0 Å². The fraction of sp³-hybridized carbons (Fsp3) is 0.467. The number of nitrogens with zero attached hydrogens (tertiary/aromatic N) is 2. The van der Waals surface area contributed by atoms with E-state index in [4.69, 9.17) is 0 Å². The average Bonchev–Trinajstić information content (AvgIpc) is 2.53. The van der Waals surface area contributed by atoms with Crippen LogP contribution in [-0.4, -0.2) is 54.8 Å². The molecule has 1 aromatic carbocycles. The van der Waals surface area contributed by atoms with Gasteiger partial charge in [0.15, 0.2) is 0 Å². The number of rotatable bonds is 6. The Bertz CT molecular complexity index is 470. The molecule has 1 heterocycles. The van der Waals surface area contributed by atoms with Crippen LogP contribution in [-0.2, 0) is 16.1 Å². The van der Waals surface area contributed by atoms with E-state index < -0.39 is 0 Å². The molecule has 0 aliphatic carbocycles. The molecule has 2 rings (SSSR count). The van der Waals surface area contributed by atoms with Crippen molar-refractivity contribution in [1.29, 1.82) is 0 Å². The highest BCUT2D eigenvalue weighted by atomic mass is 19.1. The van der Waals surface area contributed by atoms with Gasteiger partial charge in [-0.3, -0.25) is 9.59 Å². The number of nitrogens with one attached hydrogen (secondary N) is 1. The van der Waals surface area contributed by atoms with Crippen molar-refractivity contribution < 1.29 is 14.0 Å². The minimum Gasteiger partial charge on any atom is -0.342 e. The number of benzene rings is 1. The lowest BCUT2D eigenvalue weighted by molar-refractivity contribution is -0.135. The Kier molecular flexibility index (Phi) is 5.68. The van der Waals surface area contributed by atoms with Gasteiger partial charge in [-0.05, 0) is 17.7 Å². The summed E-state index contributed by atoms with van der Waals surface area (Å²) in [5, 5.41) is 3.17. The predicted octanol–water partition coefficient (Wildman–Crippen LogP) is 0.606. The monoisotopic (exact) mass is 293 g/mol. The van der Waals surface area contributed by atoms with E-state index >= 15 is 0 Å². The Labute approximate surface area is 123 Å². The zero-order valence-electron chi connectivity index (χ0n) is 11.9. The third-order valence-corrected chi connectivity index (χ3v) is 3.57. The quantitative estimate of drug-likeness (QED) is 0.617. The van der Waals surface area contributed by atoms with Gasteiger partial charge in [-0.1, -0.05) is 12.1 Å². The topological polar surface area (TPSA) is 52.7 Å². The van der Waals surface area contributed by atoms with Crippen LogP contribution in [0.3, 0.4) is 0 Å². The molecule has 0 unspecified atom stereocenters. The van der Waals surface area contributed by atoms with Crippen molar-refractivity contribution in [1.82, 2.24) is 15.1 Å². The van der Waals surface area contributed by atoms with Crippen LogP contribution in [0.4, 0.5) is 4.39 Å². The Balaban J connectivity index is 1.63. The van der Waals surface area contributed by atoms with Gasteiger partial charge in [-0.25, -0.2) is 4.39 Å². The molecule has 6 heteroatoms. The number of piperazine rings is 1. The van der Waals surface area contributed by atoms with Gasteiger partial charge in [0.05, 0.1) is 0 Å². The number of carbonyl (C=O) groups excluding carboxylic acids is 2. The number of carbonyl (C=O) groups is 2. The van der Waals surface area contributed by atoms with Crippen LogP contribution >= 0.6 is 0 Å². The highest BCUT2D eigenvalue weighted by Crippen LogP contribution is 2.03. The smallest absolute Gasteiger partial charge is 0.223 e. The van der Waals surface area contributed by atoms with Crippen LogP contribution in [0.2, 0.25) is 0 Å². The second kappa shape index (κ2) is 7.73. The molecule has 2 amide bonds. The lowest BCUT2D eigenvalue weighted by Gasteiger charge is -2.32. The molecule has 1 N–H and O–H groups in total. The van der Waals surface area contributed by atoms with Crippen LogP contribution in [0, 0.1) is 5.82 Å². The third-order valence-electron chi connectivity index (χ3n) is 3.57. The van der Waals surface area contributed by atoms with Crippen molar-refractivity contribution in [2.24, 2.45) is 0 Å². The minimum absolute atomic E-state index is 0.104. The molecule has 0 saturated carbocycles. The van der Waals surface area contributed by atoms with Gasteiger partial charge in [0, 0.05) is 45.7 Å². The van der Waals surface area contributed by atoms with Crippen molar-refractivity contribution in [3.63, 3.8) is 0 Å². The molecule has 1 aliphatic heterocycles. The summed E-state index contributed by atoms with van der Waals surface area (Å²) in [7, 11) is 0. The van der Waals surface area contributed by atoms with Crippen molar-refractivity contribution in [2.45, 2.75) is 13.0 Å². The molecule has 0 spiro atoms. The van der Waals surface area contributed by atoms with E-state index in [0.29, 0.717) is 45.7 Å². The number of halogens is 1. The molecule has 1 saturated heterocycles. The number of hydrogen-bond donors (Lipinski definition) is 1. The van der Waals surface area contributed by atoms with Crippen molar-refractivity contribution in [3.8, 4) is 0 Å². The number of amides is 2. The van der Waals surface area contributed by atoms with Crippen molar-refractivity contribution in [2.75, 3.05) is 32.7 Å². The molecule has 0 radical (unpaired) electrons. The van der Waals surface area contributed by atoms with Crippen LogP contribution in [0.1, 0.15) is 12.0 Å². The van der Waals surface area contributed by atoms with E-state index in [1.54, 1.807) is 21.9 Å². The SMILES string of the molecule is O=CN1CCN(C(=O)CCNCc2ccc(F)cc2)CC1. The average molecular weight is 293 g/mol. The molecule has 5 nitrogen and oxygen atoms in total. The van der Waals surface area contributed by atoms with Crippen LogP contribution in [0.15, 0.2) is 24.3 Å². The summed E-state index contributed by atoms with van der Waals surface area (Å²) < 4.78 is 12.7. The summed E-state index contributed by atoms with van der Waals surface area (Å²) in [6, 6.07) is 6.30. The Morgan fingerprint density at radius 2 is 1.86 bits per heavy atom. The molecule has 1 fully saturated rings. The summed E-state index contributed by atoms with van der Waals surface area (Å²) in [5.41, 5.74) is 0.989. The summed E-state index contributed by atoms with van der Waals surface area (Å²) >= 11 is 0. The van der Waals surface area contributed by atoms with Crippen molar-refractivity contribution >= 4 is 12.3 Å². The molecule has 21 heavy (non-hydrogen) atoms. The molecular weight excluding hydrogens is 273 g/mol. The minimum atomic E-state index is -0.247. The summed E-state index contributed by atoms with van der Waals surface area (Å²) in [6.07, 6.45) is 1.26. The molecule has 0 atom stereocenters. The summed E-state index contributed by atoms with van der Waals surface area (Å²) in [5.74, 6) is -0.143. The fourth-order valence-electron chi connectivity index (χ4n) is 2.27. The van der Waals surface area contributed by atoms with Gasteiger partial charge in [0.25, 0.3) is 0 Å². The molecule has 1 aliphatic rings. The zero-order chi connectivity index (χ0) is 15.1. The van der Waals surface area contributed by atoms with E-state index in [-0.39, 0.29) is 11.7 Å². The first-order valence-electron chi connectivity index (χ1n) is 7.11. The lowest BCUT2D eigenvalue weighted by Crippen LogP contribution is -2.48. The van der Waals surface area contributed by atoms with Gasteiger partial charge in [0.2, 0.25) is 12.3 Å². The lowest BCUT2D eigenvalue weighted by atomic mass is 10.2. The molecule has 1 aromatic rings. The Morgan fingerprint density at radius 3 is 2.48 bits per heavy atom. The summed E-state index contributed by atoms with van der Waals surface area (Å²) in [4.78, 5) is 26.0. The van der Waals surface area contributed by atoms with Gasteiger partial charge in [-0.15, -0.1) is 0 Å². The maximum Gasteiger partial charge on any atom is 0.223 e. The van der Waals surface area contributed by atoms with E-state index in [0.717, 1.165) is 12.0 Å². The van der Waals surface area contributed by atoms with Gasteiger partial charge >= 0.3 is 0 Å². The van der Waals surface area contributed by atoms with Crippen LogP contribution in [0.5, 0.6) is 0 Å². The Hall–Kier alpha value is -1.95. The van der Waals surface area contributed by atoms with Gasteiger partial charge in [0.1, 0.15) is 5.82 Å². The maximum atomic E-state index is 12.7. The van der Waals surface area contributed by atoms with E-state index in [1.807, 2.05) is 0 Å². The largest absolute Gasteiger partial charge is 0.342 e. The number of hydrogen-bond acceptors (Lipinski definition) is 3. The third kappa shape index (κ3) is 4.82. The van der Waals surface area contributed by atoms with Crippen LogP contribution < -0.4 is 5.32 Å². The van der Waals surface area contributed by atoms with E-state index in [2.05, 4.69) is 5.32 Å². The highest BCUT2D eigenvalue weighted by Gasteiger charge is 2.19. The summed E-state index contributed by atoms with van der Waals surface area (Å²) in [6.45, 7) is 3.64. The molecule has 0 bridgehead atoms. The first-order chi connectivity index (χ1) is 10.2. The maximum absolute atomic E-state index is 12.7. The standard InChI is InChI=1S/C15H20FN3O2/c16-14-3-1-13(2-4-14)11-17-6-5-15(21)19-9-7-18(12-20)8-10-19/h1-4,12,17H,5-11H2. The van der Waals surface area contributed by atoms with Crippen molar-refractivity contribution in [3.05, 3.63) is 35.6 Å². The second-order valence-corrected chi connectivity index (χ2v) is 5.08. The van der Waals surface area contributed by atoms with Gasteiger partial charge in [-0.2, -0.15) is 0 Å². The highest BCUT2D eigenvalue weighted by molar-refractivity contribution is 5.76. The zero-order valence-corrected chi connectivity index (χ0v) is 11.9. The van der Waals surface area contributed by atoms with E-state index in [1.165, 1.54) is 12.1 Å². The predicted molar refractivity (Wildman–Crippen MR) is 76.9 cm³/mol. The first kappa shape index (κ1) is 15.4. The fourth-order valence-corrected chi connectivity index (χ4v) is 2.27. The van der Waals surface area contributed by atoms with E-state index in [9.17, 15) is 14.0 Å². The first-order valence-corrected chi connectivity index (χ1v) is 7.11. The van der Waals surface area contributed by atoms with Gasteiger partial charge < -0.3 is 15.1 Å². The Morgan fingerprint density at radius 1 is 1.19 bits per heavy atom. The molecule has 0 aromatic heterocycles. The molecule has 114 valence electrons. The second-order valence-electron chi connectivity index (χ2n) is 5.08. The molecular formula is C15H20FN3O2.